The molecular formula is C15H12Cl2O3. The first-order chi connectivity index (χ1) is 9.56. The minimum absolute atomic E-state index is 0.0560. The van der Waals surface area contributed by atoms with Gasteiger partial charge in [0.1, 0.15) is 11.5 Å². The summed E-state index contributed by atoms with van der Waals surface area (Å²) in [5, 5.41) is 18.9. The van der Waals surface area contributed by atoms with Gasteiger partial charge in [-0.15, -0.1) is 23.2 Å². The maximum atomic E-state index is 12.5. The Kier molecular flexibility index (Phi) is 4.53. The van der Waals surface area contributed by atoms with E-state index >= 15 is 0 Å². The molecule has 2 N–H and O–H groups in total. The standard InChI is InChI=1S/C15H12Cl2O3/c16-7-9-5-11(18)1-3-13(9)15(20)14-4-2-12(19)6-10(14)8-17/h1-6,18-19H,7-8H2. The zero-order valence-corrected chi connectivity index (χ0v) is 11.9. The number of phenols is 2. The number of hydrogen-bond acceptors (Lipinski definition) is 3. The number of benzene rings is 2. The molecule has 0 aliphatic heterocycles. The predicted octanol–water partition coefficient (Wildman–Crippen LogP) is 3.81. The molecule has 0 aromatic heterocycles. The number of rotatable bonds is 4. The van der Waals surface area contributed by atoms with Crippen molar-refractivity contribution in [2.45, 2.75) is 11.8 Å². The van der Waals surface area contributed by atoms with Gasteiger partial charge in [-0.2, -0.15) is 0 Å². The Morgan fingerprint density at radius 3 is 1.60 bits per heavy atom. The van der Waals surface area contributed by atoms with Gasteiger partial charge in [0, 0.05) is 22.9 Å². The van der Waals surface area contributed by atoms with Gasteiger partial charge in [0.25, 0.3) is 0 Å². The van der Waals surface area contributed by atoms with E-state index in [1.807, 2.05) is 0 Å². The molecule has 5 heteroatoms. The molecule has 0 saturated carbocycles. The average molecular weight is 311 g/mol. The van der Waals surface area contributed by atoms with E-state index < -0.39 is 0 Å². The van der Waals surface area contributed by atoms with Crippen LogP contribution in [-0.4, -0.2) is 16.0 Å². The van der Waals surface area contributed by atoms with E-state index in [2.05, 4.69) is 0 Å². The summed E-state index contributed by atoms with van der Waals surface area (Å²) in [5.74, 6) is 0.102. The molecule has 0 radical (unpaired) electrons. The second-order valence-corrected chi connectivity index (χ2v) is 4.81. The summed E-state index contributed by atoms with van der Waals surface area (Å²) in [6.07, 6.45) is 0. The molecule has 0 atom stereocenters. The van der Waals surface area contributed by atoms with Crippen molar-refractivity contribution < 1.29 is 15.0 Å². The Morgan fingerprint density at radius 1 is 0.850 bits per heavy atom. The van der Waals surface area contributed by atoms with Gasteiger partial charge in [0.15, 0.2) is 5.78 Å². The maximum absolute atomic E-state index is 12.5. The molecule has 2 rings (SSSR count). The topological polar surface area (TPSA) is 57.5 Å². The lowest BCUT2D eigenvalue weighted by Crippen LogP contribution is -2.07. The normalized spacial score (nSPS) is 10.5. The van der Waals surface area contributed by atoms with Gasteiger partial charge < -0.3 is 10.2 Å². The number of carbonyl (C=O) groups excluding carboxylic acids is 1. The molecule has 0 saturated heterocycles. The van der Waals surface area contributed by atoms with E-state index in [1.165, 1.54) is 36.4 Å². The zero-order valence-electron chi connectivity index (χ0n) is 10.4. The number of hydrogen-bond donors (Lipinski definition) is 2. The highest BCUT2D eigenvalue weighted by Gasteiger charge is 2.17. The third-order valence-corrected chi connectivity index (χ3v) is 3.53. The van der Waals surface area contributed by atoms with Crippen LogP contribution in [0.4, 0.5) is 0 Å². The van der Waals surface area contributed by atoms with Crippen LogP contribution >= 0.6 is 23.2 Å². The van der Waals surface area contributed by atoms with E-state index in [0.717, 1.165) is 0 Å². The Bertz CT molecular complexity index is 598. The summed E-state index contributed by atoms with van der Waals surface area (Å²) >= 11 is 11.6. The molecule has 0 heterocycles. The third-order valence-electron chi connectivity index (χ3n) is 2.95. The second-order valence-electron chi connectivity index (χ2n) is 4.28. The van der Waals surface area contributed by atoms with E-state index in [4.69, 9.17) is 23.2 Å². The van der Waals surface area contributed by atoms with Gasteiger partial charge in [-0.05, 0) is 47.5 Å². The number of aromatic hydroxyl groups is 2. The van der Waals surface area contributed by atoms with Gasteiger partial charge in [0.2, 0.25) is 0 Å². The smallest absolute Gasteiger partial charge is 0.193 e. The van der Waals surface area contributed by atoms with Crippen LogP contribution in [0.25, 0.3) is 0 Å². The molecule has 0 amide bonds. The third kappa shape index (κ3) is 2.89. The summed E-state index contributed by atoms with van der Waals surface area (Å²) in [5.41, 5.74) is 1.92. The molecule has 0 aliphatic carbocycles. The fraction of sp³-hybridized carbons (Fsp3) is 0.133. The molecule has 0 aliphatic rings. The van der Waals surface area contributed by atoms with E-state index in [0.29, 0.717) is 22.3 Å². The van der Waals surface area contributed by atoms with Crippen molar-refractivity contribution >= 4 is 29.0 Å². The molecule has 3 nitrogen and oxygen atoms in total. The quantitative estimate of drug-likeness (QED) is 0.667. The van der Waals surface area contributed by atoms with Gasteiger partial charge in [-0.3, -0.25) is 4.79 Å². The lowest BCUT2D eigenvalue weighted by atomic mass is 9.95. The van der Waals surface area contributed by atoms with Crippen LogP contribution in [0.2, 0.25) is 0 Å². The van der Waals surface area contributed by atoms with Crippen molar-refractivity contribution in [2.75, 3.05) is 0 Å². The number of halogens is 2. The van der Waals surface area contributed by atoms with Crippen molar-refractivity contribution in [2.24, 2.45) is 0 Å². The summed E-state index contributed by atoms with van der Waals surface area (Å²) in [6, 6.07) is 8.84. The highest BCUT2D eigenvalue weighted by Crippen LogP contribution is 2.25. The summed E-state index contributed by atoms with van der Waals surface area (Å²) in [6.45, 7) is 0. The fourth-order valence-electron chi connectivity index (χ4n) is 1.97. The van der Waals surface area contributed by atoms with Crippen LogP contribution in [0.15, 0.2) is 36.4 Å². The minimum atomic E-state index is -0.240. The van der Waals surface area contributed by atoms with Crippen molar-refractivity contribution in [1.82, 2.24) is 0 Å². The Labute approximate surface area is 126 Å². The van der Waals surface area contributed by atoms with Crippen LogP contribution in [0.3, 0.4) is 0 Å². The summed E-state index contributed by atoms with van der Waals surface area (Å²) in [4.78, 5) is 12.5. The minimum Gasteiger partial charge on any atom is -0.508 e. The van der Waals surface area contributed by atoms with Gasteiger partial charge >= 0.3 is 0 Å². The Morgan fingerprint density at radius 2 is 1.25 bits per heavy atom. The van der Waals surface area contributed by atoms with Crippen LogP contribution in [0.1, 0.15) is 27.0 Å². The molecule has 2 aromatic carbocycles. The molecule has 20 heavy (non-hydrogen) atoms. The van der Waals surface area contributed by atoms with Crippen molar-refractivity contribution in [1.29, 1.82) is 0 Å². The number of phenolic OH excluding ortho intramolecular Hbond substituents is 2. The highest BCUT2D eigenvalue weighted by atomic mass is 35.5. The molecule has 0 fully saturated rings. The summed E-state index contributed by atoms with van der Waals surface area (Å²) in [7, 11) is 0. The molecule has 2 aromatic rings. The molecule has 104 valence electrons. The molecular weight excluding hydrogens is 299 g/mol. The van der Waals surface area contributed by atoms with Gasteiger partial charge in [-0.1, -0.05) is 0 Å². The number of alkyl halides is 2. The Hall–Kier alpha value is -1.71. The van der Waals surface area contributed by atoms with Crippen molar-refractivity contribution in [3.63, 3.8) is 0 Å². The maximum Gasteiger partial charge on any atom is 0.193 e. The molecule has 0 spiro atoms. The van der Waals surface area contributed by atoms with Crippen LogP contribution < -0.4 is 0 Å². The Balaban J connectivity index is 2.51. The zero-order chi connectivity index (χ0) is 14.7. The SMILES string of the molecule is O=C(c1ccc(O)cc1CCl)c1ccc(O)cc1CCl. The van der Waals surface area contributed by atoms with Gasteiger partial charge in [0.05, 0.1) is 0 Å². The first-order valence-electron chi connectivity index (χ1n) is 5.87. The van der Waals surface area contributed by atoms with Crippen LogP contribution in [0, 0.1) is 0 Å². The molecule has 0 bridgehead atoms. The average Bonchev–Trinajstić information content (AvgIpc) is 2.46. The second kappa shape index (κ2) is 6.16. The van der Waals surface area contributed by atoms with Gasteiger partial charge in [-0.25, -0.2) is 0 Å². The summed E-state index contributed by atoms with van der Waals surface area (Å²) < 4.78 is 0. The van der Waals surface area contributed by atoms with Crippen LogP contribution in [-0.2, 0) is 11.8 Å². The monoisotopic (exact) mass is 310 g/mol. The predicted molar refractivity (Wildman–Crippen MR) is 78.8 cm³/mol. The molecule has 0 unspecified atom stereocenters. The lowest BCUT2D eigenvalue weighted by Gasteiger charge is -2.10. The van der Waals surface area contributed by atoms with E-state index in [9.17, 15) is 15.0 Å². The highest BCUT2D eigenvalue weighted by molar-refractivity contribution is 6.20. The first kappa shape index (κ1) is 14.7. The van der Waals surface area contributed by atoms with Crippen LogP contribution in [0.5, 0.6) is 11.5 Å². The van der Waals surface area contributed by atoms with Crippen molar-refractivity contribution in [3.05, 3.63) is 58.7 Å². The lowest BCUT2D eigenvalue weighted by molar-refractivity contribution is 0.103. The first-order valence-corrected chi connectivity index (χ1v) is 6.94. The van der Waals surface area contributed by atoms with E-state index in [1.54, 1.807) is 0 Å². The fourth-order valence-corrected chi connectivity index (χ4v) is 2.41. The van der Waals surface area contributed by atoms with Crippen molar-refractivity contribution in [3.8, 4) is 11.5 Å². The van der Waals surface area contributed by atoms with E-state index in [-0.39, 0.29) is 29.0 Å². The number of ketones is 1. The largest absolute Gasteiger partial charge is 0.508 e. The number of carbonyl (C=O) groups is 1.